The largest absolute Gasteiger partial charge is 0.353 e. The lowest BCUT2D eigenvalue weighted by atomic mass is 9.96. The molecule has 2 aromatic carbocycles. The Morgan fingerprint density at radius 3 is 2.62 bits per heavy atom. The summed E-state index contributed by atoms with van der Waals surface area (Å²) in [7, 11) is 4.10. The van der Waals surface area contributed by atoms with Crippen LogP contribution >= 0.6 is 0 Å². The van der Waals surface area contributed by atoms with E-state index < -0.39 is 0 Å². The molecule has 5 aromatic rings. The minimum atomic E-state index is -0.242. The van der Waals surface area contributed by atoms with Gasteiger partial charge in [-0.2, -0.15) is 5.10 Å². The van der Waals surface area contributed by atoms with Gasteiger partial charge in [0.2, 0.25) is 0 Å². The highest BCUT2D eigenvalue weighted by Gasteiger charge is 2.16. The molecule has 0 unspecified atom stereocenters. The summed E-state index contributed by atoms with van der Waals surface area (Å²) in [6.45, 7) is 8.92. The van der Waals surface area contributed by atoms with Gasteiger partial charge >= 0.3 is 0 Å². The number of aryl methyl sites for hydroxylation is 1. The van der Waals surface area contributed by atoms with E-state index in [1.165, 1.54) is 0 Å². The summed E-state index contributed by atoms with van der Waals surface area (Å²) in [4.78, 5) is 10.3. The number of fused-ring (bicyclic) bond motifs is 2. The Bertz CT molecular complexity index is 1720. The summed E-state index contributed by atoms with van der Waals surface area (Å²) in [5.41, 5.74) is 9.53. The van der Waals surface area contributed by atoms with Crippen LogP contribution in [0.5, 0.6) is 0 Å². The number of allylic oxidation sites excluding steroid dienone is 5. The van der Waals surface area contributed by atoms with Crippen molar-refractivity contribution in [3.8, 4) is 22.6 Å². The van der Waals surface area contributed by atoms with Crippen molar-refractivity contribution < 1.29 is 4.39 Å². The zero-order valence-electron chi connectivity index (χ0n) is 23.0. The molecule has 0 spiro atoms. The molecule has 3 heterocycles. The Morgan fingerprint density at radius 2 is 1.85 bits per heavy atom. The summed E-state index contributed by atoms with van der Waals surface area (Å²) < 4.78 is 14.7. The fourth-order valence-corrected chi connectivity index (χ4v) is 5.22. The molecule has 0 atom stereocenters. The van der Waals surface area contributed by atoms with Crippen LogP contribution in [0.25, 0.3) is 50.0 Å². The van der Waals surface area contributed by atoms with Crippen LogP contribution in [0.4, 0.5) is 4.39 Å². The third-order valence-electron chi connectivity index (χ3n) is 7.06. The maximum Gasteiger partial charge on any atom is 0.124 e. The van der Waals surface area contributed by atoms with E-state index in [2.05, 4.69) is 89.1 Å². The molecule has 6 heteroatoms. The average Bonchev–Trinajstić information content (AvgIpc) is 3.52. The highest BCUT2D eigenvalue weighted by atomic mass is 19.1. The highest BCUT2D eigenvalue weighted by molar-refractivity contribution is 6.01. The van der Waals surface area contributed by atoms with E-state index >= 15 is 0 Å². The van der Waals surface area contributed by atoms with Crippen LogP contribution in [0.3, 0.4) is 0 Å². The predicted octanol–water partition coefficient (Wildman–Crippen LogP) is 7.94. The molecule has 0 fully saturated rings. The molecule has 0 aliphatic carbocycles. The number of halogens is 1. The molecule has 0 radical (unpaired) electrons. The Morgan fingerprint density at radius 1 is 1.03 bits per heavy atom. The standard InChI is InChI=1S/C33H34FN5/c1-6-9-21(3)26(7-2)23-11-12-30-27(19-23)33(38-37-30)31-20-28-29(36-31)13-14-35-32(28)24-16-22(17-25(34)18-24)10-8-15-39(4)5/h6-7,9,11-14,16-20,36H,1,8,10,15H2,2-5H3,(H,37,38)/b21-9-,26-7+. The van der Waals surface area contributed by atoms with Gasteiger partial charge in [0, 0.05) is 28.0 Å². The number of benzene rings is 2. The maximum absolute atomic E-state index is 14.7. The van der Waals surface area contributed by atoms with Gasteiger partial charge in [0.25, 0.3) is 0 Å². The topological polar surface area (TPSA) is 60.6 Å². The number of hydrogen-bond donors (Lipinski definition) is 2. The van der Waals surface area contributed by atoms with Crippen molar-refractivity contribution in [2.75, 3.05) is 20.6 Å². The molecule has 2 N–H and O–H groups in total. The molecule has 198 valence electrons. The van der Waals surface area contributed by atoms with Crippen molar-refractivity contribution in [3.63, 3.8) is 0 Å². The smallest absolute Gasteiger partial charge is 0.124 e. The molecule has 0 amide bonds. The van der Waals surface area contributed by atoms with Crippen LogP contribution in [0.1, 0.15) is 31.4 Å². The number of pyridine rings is 1. The van der Waals surface area contributed by atoms with E-state index in [0.717, 1.165) is 86.1 Å². The van der Waals surface area contributed by atoms with E-state index in [1.807, 2.05) is 25.1 Å². The van der Waals surface area contributed by atoms with E-state index in [0.29, 0.717) is 0 Å². The van der Waals surface area contributed by atoms with E-state index in [9.17, 15) is 4.39 Å². The lowest BCUT2D eigenvalue weighted by Crippen LogP contribution is -2.13. The summed E-state index contributed by atoms with van der Waals surface area (Å²) in [5.74, 6) is -0.242. The second kappa shape index (κ2) is 11.2. The number of nitrogens with one attached hydrogen (secondary N) is 2. The fraction of sp³-hybridized carbons (Fsp3) is 0.212. The summed E-state index contributed by atoms with van der Waals surface area (Å²) in [6, 6.07) is 15.6. The Hall–Kier alpha value is -4.29. The molecular formula is C33H34FN5. The molecule has 3 aromatic heterocycles. The van der Waals surface area contributed by atoms with Crippen molar-refractivity contribution >= 4 is 27.4 Å². The molecule has 0 saturated heterocycles. The number of hydrogen-bond acceptors (Lipinski definition) is 3. The minimum Gasteiger partial charge on any atom is -0.353 e. The summed E-state index contributed by atoms with van der Waals surface area (Å²) in [5, 5.41) is 9.78. The second-order valence-electron chi connectivity index (χ2n) is 10.2. The third-order valence-corrected chi connectivity index (χ3v) is 7.06. The lowest BCUT2D eigenvalue weighted by molar-refractivity contribution is 0.400. The lowest BCUT2D eigenvalue weighted by Gasteiger charge is -2.10. The Labute approximate surface area is 228 Å². The van der Waals surface area contributed by atoms with Crippen LogP contribution in [0.15, 0.2) is 85.1 Å². The first-order chi connectivity index (χ1) is 18.9. The Kier molecular flexibility index (Phi) is 7.57. The van der Waals surface area contributed by atoms with E-state index in [-0.39, 0.29) is 5.82 Å². The quantitative estimate of drug-likeness (QED) is 0.194. The van der Waals surface area contributed by atoms with Crippen molar-refractivity contribution in [1.29, 1.82) is 0 Å². The van der Waals surface area contributed by atoms with Gasteiger partial charge in [-0.15, -0.1) is 0 Å². The number of rotatable bonds is 9. The second-order valence-corrected chi connectivity index (χ2v) is 10.2. The van der Waals surface area contributed by atoms with E-state index in [1.54, 1.807) is 18.3 Å². The molecule has 0 aliphatic heterocycles. The number of nitrogens with zero attached hydrogens (tertiary/aromatic N) is 3. The zero-order chi connectivity index (χ0) is 27.5. The van der Waals surface area contributed by atoms with Gasteiger partial charge < -0.3 is 9.88 Å². The number of H-pyrrole nitrogens is 2. The van der Waals surface area contributed by atoms with Gasteiger partial charge in [-0.25, -0.2) is 4.39 Å². The van der Waals surface area contributed by atoms with Gasteiger partial charge in [0.05, 0.1) is 16.9 Å². The molecular weight excluding hydrogens is 485 g/mol. The van der Waals surface area contributed by atoms with Crippen molar-refractivity contribution in [3.05, 3.63) is 102 Å². The first-order valence-corrected chi connectivity index (χ1v) is 13.2. The highest BCUT2D eigenvalue weighted by Crippen LogP contribution is 2.35. The van der Waals surface area contributed by atoms with Crippen LogP contribution < -0.4 is 0 Å². The minimum absolute atomic E-state index is 0.242. The average molecular weight is 520 g/mol. The zero-order valence-corrected chi connectivity index (χ0v) is 23.0. The molecule has 0 saturated carbocycles. The predicted molar refractivity (Wildman–Crippen MR) is 161 cm³/mol. The first kappa shape index (κ1) is 26.3. The molecule has 39 heavy (non-hydrogen) atoms. The summed E-state index contributed by atoms with van der Waals surface area (Å²) in [6.07, 6.45) is 9.49. The monoisotopic (exact) mass is 519 g/mol. The normalized spacial score (nSPS) is 12.7. The number of aromatic amines is 2. The third kappa shape index (κ3) is 5.47. The van der Waals surface area contributed by atoms with Crippen LogP contribution in [0.2, 0.25) is 0 Å². The van der Waals surface area contributed by atoms with Gasteiger partial charge in [-0.3, -0.25) is 10.1 Å². The van der Waals surface area contributed by atoms with Crippen molar-refractivity contribution in [2.45, 2.75) is 26.7 Å². The van der Waals surface area contributed by atoms with E-state index in [4.69, 9.17) is 0 Å². The first-order valence-electron chi connectivity index (χ1n) is 13.2. The molecule has 0 bridgehead atoms. The van der Waals surface area contributed by atoms with Crippen LogP contribution in [-0.2, 0) is 6.42 Å². The SMILES string of the molecule is C=C/C=C(C)\C(=C/C)c1ccc2[nH]nc(-c3cc4c(-c5cc(F)cc(CCCN(C)C)c5)nccc4[nH]3)c2c1. The maximum atomic E-state index is 14.7. The molecule has 0 aliphatic rings. The van der Waals surface area contributed by atoms with Crippen molar-refractivity contribution in [2.24, 2.45) is 0 Å². The van der Waals surface area contributed by atoms with Crippen LogP contribution in [-0.4, -0.2) is 45.7 Å². The van der Waals surface area contributed by atoms with Gasteiger partial charge in [0.15, 0.2) is 0 Å². The molecule has 5 rings (SSSR count). The van der Waals surface area contributed by atoms with Crippen LogP contribution in [0, 0.1) is 5.82 Å². The Balaban J connectivity index is 1.56. The number of aromatic nitrogens is 4. The van der Waals surface area contributed by atoms with Gasteiger partial charge in [0.1, 0.15) is 11.5 Å². The van der Waals surface area contributed by atoms with Gasteiger partial charge in [-0.1, -0.05) is 30.9 Å². The molecule has 5 nitrogen and oxygen atoms in total. The summed E-state index contributed by atoms with van der Waals surface area (Å²) >= 11 is 0. The van der Waals surface area contributed by atoms with Gasteiger partial charge in [-0.05, 0) is 112 Å². The van der Waals surface area contributed by atoms with Crippen molar-refractivity contribution in [1.82, 2.24) is 25.1 Å². The fourth-order valence-electron chi connectivity index (χ4n) is 5.22.